The predicted molar refractivity (Wildman–Crippen MR) is 62.8 cm³/mol. The first kappa shape index (κ1) is 12.2. The molecule has 4 nitrogen and oxygen atoms in total. The molecule has 1 aromatic heterocycles. The number of aromatic nitrogens is 2. The first-order valence-corrected chi connectivity index (χ1v) is 5.30. The van der Waals surface area contributed by atoms with E-state index in [4.69, 9.17) is 0 Å². The number of rotatable bonds is 5. The Kier molecular flexibility index (Phi) is 3.88. The van der Waals surface area contributed by atoms with Crippen LogP contribution < -0.4 is 5.32 Å². The molecule has 1 rings (SSSR count). The molecule has 0 radical (unpaired) electrons. The molecule has 2 N–H and O–H groups in total. The highest BCUT2D eigenvalue weighted by Gasteiger charge is 2.19. The third-order valence-corrected chi connectivity index (χ3v) is 3.02. The number of nitrogens with one attached hydrogen (secondary N) is 2. The van der Waals surface area contributed by atoms with Gasteiger partial charge in [-0.1, -0.05) is 0 Å². The van der Waals surface area contributed by atoms with Gasteiger partial charge in [0.15, 0.2) is 0 Å². The zero-order chi connectivity index (χ0) is 11.5. The molecule has 0 amide bonds. The van der Waals surface area contributed by atoms with Crippen molar-refractivity contribution < 1.29 is 0 Å². The maximum atomic E-state index is 4.00. The van der Waals surface area contributed by atoms with Crippen LogP contribution in [0.4, 0.5) is 0 Å². The van der Waals surface area contributed by atoms with Gasteiger partial charge in [0.05, 0.1) is 6.20 Å². The van der Waals surface area contributed by atoms with Gasteiger partial charge >= 0.3 is 0 Å². The fraction of sp³-hybridized carbons (Fsp3) is 0.727. The van der Waals surface area contributed by atoms with Gasteiger partial charge in [-0.25, -0.2) is 0 Å². The van der Waals surface area contributed by atoms with Crippen molar-refractivity contribution in [3.63, 3.8) is 0 Å². The summed E-state index contributed by atoms with van der Waals surface area (Å²) in [5, 5.41) is 10.4. The van der Waals surface area contributed by atoms with Crippen LogP contribution in [0.5, 0.6) is 0 Å². The van der Waals surface area contributed by atoms with Crippen LogP contribution >= 0.6 is 0 Å². The average molecular weight is 210 g/mol. The third kappa shape index (κ3) is 3.32. The lowest BCUT2D eigenvalue weighted by atomic mass is 10.0. The first-order chi connectivity index (χ1) is 6.93. The van der Waals surface area contributed by atoms with Crippen LogP contribution in [0.2, 0.25) is 0 Å². The van der Waals surface area contributed by atoms with Crippen molar-refractivity contribution in [3.8, 4) is 0 Å². The molecule has 0 unspecified atom stereocenters. The van der Waals surface area contributed by atoms with E-state index < -0.39 is 0 Å². The van der Waals surface area contributed by atoms with Gasteiger partial charge in [-0.2, -0.15) is 5.10 Å². The second-order valence-corrected chi connectivity index (χ2v) is 4.83. The van der Waals surface area contributed by atoms with Crippen molar-refractivity contribution in [2.24, 2.45) is 0 Å². The Morgan fingerprint density at radius 1 is 1.47 bits per heavy atom. The van der Waals surface area contributed by atoms with Crippen LogP contribution in [0.15, 0.2) is 6.20 Å². The monoisotopic (exact) mass is 210 g/mol. The molecule has 1 aromatic rings. The predicted octanol–water partition coefficient (Wildman–Crippen LogP) is 1.15. The molecule has 15 heavy (non-hydrogen) atoms. The van der Waals surface area contributed by atoms with Crippen LogP contribution in [0, 0.1) is 6.92 Å². The van der Waals surface area contributed by atoms with Crippen molar-refractivity contribution in [3.05, 3.63) is 17.5 Å². The third-order valence-electron chi connectivity index (χ3n) is 3.02. The van der Waals surface area contributed by atoms with E-state index in [-0.39, 0.29) is 5.54 Å². The lowest BCUT2D eigenvalue weighted by molar-refractivity contribution is 0.189. The largest absolute Gasteiger partial charge is 0.311 e. The number of hydrogen-bond acceptors (Lipinski definition) is 3. The molecular formula is C11H22N4. The van der Waals surface area contributed by atoms with Crippen molar-refractivity contribution >= 4 is 0 Å². The van der Waals surface area contributed by atoms with E-state index in [1.165, 1.54) is 5.56 Å². The van der Waals surface area contributed by atoms with Gasteiger partial charge in [-0.05, 0) is 34.9 Å². The van der Waals surface area contributed by atoms with E-state index in [2.05, 4.69) is 48.4 Å². The van der Waals surface area contributed by atoms with Crippen molar-refractivity contribution in [2.45, 2.75) is 32.9 Å². The Hall–Kier alpha value is -0.870. The molecule has 0 spiro atoms. The minimum atomic E-state index is 0.178. The molecule has 0 atom stereocenters. The summed E-state index contributed by atoms with van der Waals surface area (Å²) in [6.45, 7) is 8.33. The van der Waals surface area contributed by atoms with E-state index in [1.807, 2.05) is 13.1 Å². The Balaban J connectivity index is 2.37. The summed E-state index contributed by atoms with van der Waals surface area (Å²) in [6, 6.07) is 0. The maximum absolute atomic E-state index is 4.00. The number of H-pyrrole nitrogens is 1. The van der Waals surface area contributed by atoms with E-state index in [0.29, 0.717) is 0 Å². The van der Waals surface area contributed by atoms with Crippen LogP contribution in [0.3, 0.4) is 0 Å². The highest BCUT2D eigenvalue weighted by atomic mass is 15.2. The quantitative estimate of drug-likeness (QED) is 0.766. The normalized spacial score (nSPS) is 12.4. The highest BCUT2D eigenvalue weighted by molar-refractivity contribution is 5.13. The molecule has 0 aliphatic heterocycles. The van der Waals surface area contributed by atoms with Gasteiger partial charge < -0.3 is 10.2 Å². The Morgan fingerprint density at radius 3 is 2.60 bits per heavy atom. The van der Waals surface area contributed by atoms with E-state index >= 15 is 0 Å². The number of likely N-dealkylation sites (N-methyl/N-ethyl adjacent to an activating group) is 1. The number of aryl methyl sites for hydroxylation is 1. The minimum Gasteiger partial charge on any atom is -0.311 e. The molecule has 0 bridgehead atoms. The highest BCUT2D eigenvalue weighted by Crippen LogP contribution is 2.08. The zero-order valence-electron chi connectivity index (χ0n) is 10.4. The average Bonchev–Trinajstić information content (AvgIpc) is 2.51. The SMILES string of the molecule is Cc1[nH]ncc1CNCC(C)(C)N(C)C. The van der Waals surface area contributed by atoms with Crippen LogP contribution in [0.25, 0.3) is 0 Å². The topological polar surface area (TPSA) is 44.0 Å². The van der Waals surface area contributed by atoms with Gasteiger partial charge in [0.25, 0.3) is 0 Å². The van der Waals surface area contributed by atoms with E-state index in [9.17, 15) is 0 Å². The standard InChI is InChI=1S/C11H22N4/c1-9-10(7-13-14-9)6-12-8-11(2,3)15(4)5/h7,12H,6,8H2,1-5H3,(H,13,14). The van der Waals surface area contributed by atoms with Crippen LogP contribution in [0.1, 0.15) is 25.1 Å². The summed E-state index contributed by atoms with van der Waals surface area (Å²) >= 11 is 0. The van der Waals surface area contributed by atoms with Crippen LogP contribution in [-0.2, 0) is 6.54 Å². The molecule has 0 aliphatic carbocycles. The smallest absolute Gasteiger partial charge is 0.0535 e. The molecule has 1 heterocycles. The number of aromatic amines is 1. The summed E-state index contributed by atoms with van der Waals surface area (Å²) in [4.78, 5) is 2.22. The molecule has 86 valence electrons. The summed E-state index contributed by atoms with van der Waals surface area (Å²) in [6.07, 6.45) is 1.88. The lowest BCUT2D eigenvalue weighted by Crippen LogP contribution is -2.46. The molecule has 0 saturated carbocycles. The van der Waals surface area contributed by atoms with E-state index in [1.54, 1.807) is 0 Å². The van der Waals surface area contributed by atoms with Crippen molar-refractivity contribution in [1.29, 1.82) is 0 Å². The van der Waals surface area contributed by atoms with Gasteiger partial charge in [0, 0.05) is 29.9 Å². The summed E-state index contributed by atoms with van der Waals surface area (Å²) in [5.74, 6) is 0. The van der Waals surface area contributed by atoms with E-state index in [0.717, 1.165) is 18.8 Å². The minimum absolute atomic E-state index is 0.178. The second kappa shape index (κ2) is 4.77. The van der Waals surface area contributed by atoms with Crippen molar-refractivity contribution in [1.82, 2.24) is 20.4 Å². The molecule has 0 aromatic carbocycles. The second-order valence-electron chi connectivity index (χ2n) is 4.83. The Morgan fingerprint density at radius 2 is 2.13 bits per heavy atom. The fourth-order valence-electron chi connectivity index (χ4n) is 1.22. The summed E-state index contributed by atoms with van der Waals surface area (Å²) in [5.41, 5.74) is 2.56. The Labute approximate surface area is 92.1 Å². The molecule has 4 heteroatoms. The van der Waals surface area contributed by atoms with Crippen molar-refractivity contribution in [2.75, 3.05) is 20.6 Å². The number of hydrogen-bond donors (Lipinski definition) is 2. The lowest BCUT2D eigenvalue weighted by Gasteiger charge is -2.32. The van der Waals surface area contributed by atoms with Gasteiger partial charge in [0.2, 0.25) is 0 Å². The Bertz CT molecular complexity index is 301. The summed E-state index contributed by atoms with van der Waals surface area (Å²) < 4.78 is 0. The first-order valence-electron chi connectivity index (χ1n) is 5.30. The zero-order valence-corrected chi connectivity index (χ0v) is 10.4. The number of nitrogens with zero attached hydrogens (tertiary/aromatic N) is 2. The van der Waals surface area contributed by atoms with Gasteiger partial charge in [-0.3, -0.25) is 5.10 Å². The maximum Gasteiger partial charge on any atom is 0.0535 e. The molecule has 0 aliphatic rings. The fourth-order valence-corrected chi connectivity index (χ4v) is 1.22. The molecular weight excluding hydrogens is 188 g/mol. The molecule has 0 saturated heterocycles. The summed E-state index contributed by atoms with van der Waals surface area (Å²) in [7, 11) is 4.20. The van der Waals surface area contributed by atoms with Gasteiger partial charge in [0.1, 0.15) is 0 Å². The van der Waals surface area contributed by atoms with Crippen LogP contribution in [-0.4, -0.2) is 41.3 Å². The van der Waals surface area contributed by atoms with Gasteiger partial charge in [-0.15, -0.1) is 0 Å². The molecule has 0 fully saturated rings.